The highest BCUT2D eigenvalue weighted by Crippen LogP contribution is 2.43. The molecule has 17 heteroatoms. The molecular formula is C42H47FN10O4S2. The van der Waals surface area contributed by atoms with Crippen LogP contribution < -0.4 is 26.0 Å². The molecule has 2 atom stereocenters. The van der Waals surface area contributed by atoms with Gasteiger partial charge in [0, 0.05) is 87.0 Å². The molecule has 0 bridgehead atoms. The van der Waals surface area contributed by atoms with Crippen molar-refractivity contribution in [2.45, 2.75) is 50.2 Å². The summed E-state index contributed by atoms with van der Waals surface area (Å²) in [6, 6.07) is 18.5. The number of sulfonamides is 1. The van der Waals surface area contributed by atoms with Crippen LogP contribution in [0.15, 0.2) is 73.1 Å². The van der Waals surface area contributed by atoms with Crippen LogP contribution in [-0.4, -0.2) is 90.9 Å². The molecule has 3 saturated heterocycles. The fourth-order valence-corrected chi connectivity index (χ4v) is 10.5. The van der Waals surface area contributed by atoms with Crippen molar-refractivity contribution < 1.29 is 22.4 Å². The number of thiazole rings is 1. The summed E-state index contributed by atoms with van der Waals surface area (Å²) in [5, 5.41) is 7.38. The molecule has 3 aliphatic heterocycles. The average molecular weight is 839 g/mol. The number of hydrogen-bond donors (Lipinski definition) is 3. The number of nitrogens with two attached hydrogens (primary N) is 2. The number of benzene rings is 2. The molecule has 308 valence electrons. The van der Waals surface area contributed by atoms with Gasteiger partial charge in [0.1, 0.15) is 21.9 Å². The van der Waals surface area contributed by atoms with Gasteiger partial charge < -0.3 is 15.5 Å². The number of piperidine rings is 2. The van der Waals surface area contributed by atoms with Crippen LogP contribution in [0.4, 0.5) is 21.8 Å². The Kier molecular flexibility index (Phi) is 11.7. The van der Waals surface area contributed by atoms with Crippen molar-refractivity contribution in [2.75, 3.05) is 61.3 Å². The van der Waals surface area contributed by atoms with E-state index in [0.29, 0.717) is 40.0 Å². The third-order valence-electron chi connectivity index (χ3n) is 11.7. The van der Waals surface area contributed by atoms with Crippen LogP contribution in [0.3, 0.4) is 0 Å². The second-order valence-corrected chi connectivity index (χ2v) is 18.2. The lowest BCUT2D eigenvalue weighted by molar-refractivity contribution is -0.134. The summed E-state index contributed by atoms with van der Waals surface area (Å²) in [4.78, 5) is 49.7. The van der Waals surface area contributed by atoms with Gasteiger partial charge in [0.25, 0.3) is 0 Å². The van der Waals surface area contributed by atoms with Gasteiger partial charge in [0.2, 0.25) is 27.8 Å². The normalized spacial score (nSPS) is 18.9. The Balaban J connectivity index is 0.893. The molecule has 59 heavy (non-hydrogen) atoms. The third-order valence-corrected chi connectivity index (χ3v) is 14.2. The number of piperazine rings is 1. The molecule has 0 radical (unpaired) electrons. The zero-order valence-corrected chi connectivity index (χ0v) is 34.4. The van der Waals surface area contributed by atoms with E-state index in [4.69, 9.17) is 15.9 Å². The van der Waals surface area contributed by atoms with Gasteiger partial charge in [-0.1, -0.05) is 25.1 Å². The van der Waals surface area contributed by atoms with Crippen LogP contribution in [0.5, 0.6) is 0 Å². The fourth-order valence-electron chi connectivity index (χ4n) is 8.43. The third kappa shape index (κ3) is 8.83. The van der Waals surface area contributed by atoms with E-state index in [0.717, 1.165) is 81.3 Å². The van der Waals surface area contributed by atoms with E-state index < -0.39 is 21.1 Å². The van der Waals surface area contributed by atoms with Crippen LogP contribution in [-0.2, 0) is 19.6 Å². The lowest BCUT2D eigenvalue weighted by Crippen LogP contribution is -2.49. The quantitative estimate of drug-likeness (QED) is 0.145. The molecule has 8 rings (SSSR count). The number of rotatable bonds is 11. The van der Waals surface area contributed by atoms with Crippen LogP contribution in [0.1, 0.15) is 61.3 Å². The molecule has 5 N–H and O–H groups in total. The number of carbonyl (C=O) groups is 2. The number of aromatic nitrogens is 4. The summed E-state index contributed by atoms with van der Waals surface area (Å²) >= 11 is 1.35. The molecule has 2 amide bonds. The van der Waals surface area contributed by atoms with Crippen molar-refractivity contribution in [1.82, 2.24) is 30.2 Å². The summed E-state index contributed by atoms with van der Waals surface area (Å²) in [7, 11) is -4.05. The molecule has 5 aromatic rings. The number of nitrogens with one attached hydrogen (secondary N) is 1. The second-order valence-electron chi connectivity index (χ2n) is 15.4. The van der Waals surface area contributed by atoms with Gasteiger partial charge in [-0.25, -0.2) is 37.9 Å². The average Bonchev–Trinajstić information content (AvgIpc) is 3.68. The maximum Gasteiger partial charge on any atom is 0.234 e. The maximum atomic E-state index is 16.2. The molecule has 3 aliphatic rings. The summed E-state index contributed by atoms with van der Waals surface area (Å²) in [6.07, 6.45) is 6.49. The Morgan fingerprint density at radius 2 is 1.68 bits per heavy atom. The van der Waals surface area contributed by atoms with Crippen LogP contribution in [0, 0.1) is 11.7 Å². The number of pyridine rings is 1. The summed E-state index contributed by atoms with van der Waals surface area (Å²) in [5.41, 5.74) is 9.71. The lowest BCUT2D eigenvalue weighted by atomic mass is 9.91. The molecular weight excluding hydrogens is 792 g/mol. The van der Waals surface area contributed by atoms with E-state index in [2.05, 4.69) is 47.1 Å². The number of primary sulfonamides is 1. The first kappa shape index (κ1) is 40.4. The maximum absolute atomic E-state index is 16.2. The van der Waals surface area contributed by atoms with E-state index in [1.807, 2.05) is 24.3 Å². The second kappa shape index (κ2) is 17.1. The lowest BCUT2D eigenvalue weighted by Gasteiger charge is -2.40. The molecule has 0 saturated carbocycles. The van der Waals surface area contributed by atoms with Gasteiger partial charge in [-0.2, -0.15) is 0 Å². The van der Waals surface area contributed by atoms with Gasteiger partial charge in [-0.05, 0) is 79.6 Å². The number of nitrogens with zero attached hydrogens (tertiary/aromatic N) is 7. The number of imide groups is 1. The zero-order valence-electron chi connectivity index (χ0n) is 32.8. The number of halogens is 1. The minimum Gasteiger partial charge on any atom is -0.369 e. The van der Waals surface area contributed by atoms with Gasteiger partial charge in [-0.15, -0.1) is 11.3 Å². The standard InChI is InChI=1S/C42H47FN10O4S2/c1-2-34(59(45,56)57)31-4-3-5-32(37(31)43)38-39(33-14-17-46-42(44)48-33)58-41(50-38)27-6-9-29(10-7-27)52-22-20-51(21-23-52)25-26-15-18-53(19-16-26)35-12-8-28(24-47-35)30-11-13-36(54)49-40(30)55/h3-10,12,14,17,24,26,30,34H,2,11,13,15-16,18-23,25H2,1H3,(H2,44,46,48)(H2,45,56,57)(H,49,54,55). The highest BCUT2D eigenvalue weighted by Gasteiger charge is 2.31. The number of carbonyl (C=O) groups excluding carboxylic acids is 2. The molecule has 0 aliphatic carbocycles. The smallest absolute Gasteiger partial charge is 0.234 e. The van der Waals surface area contributed by atoms with Crippen molar-refractivity contribution in [1.29, 1.82) is 0 Å². The Morgan fingerprint density at radius 1 is 0.915 bits per heavy atom. The number of amides is 2. The Morgan fingerprint density at radius 3 is 2.34 bits per heavy atom. The van der Waals surface area contributed by atoms with Gasteiger partial charge in [0.05, 0.1) is 22.2 Å². The summed E-state index contributed by atoms with van der Waals surface area (Å²) < 4.78 is 41.0. The Bertz CT molecular complexity index is 2430. The molecule has 14 nitrogen and oxygen atoms in total. The van der Waals surface area contributed by atoms with E-state index in [9.17, 15) is 18.0 Å². The van der Waals surface area contributed by atoms with E-state index >= 15 is 4.39 Å². The van der Waals surface area contributed by atoms with E-state index in [1.54, 1.807) is 31.3 Å². The number of anilines is 3. The first-order chi connectivity index (χ1) is 28.4. The van der Waals surface area contributed by atoms with Crippen molar-refractivity contribution >= 4 is 50.6 Å². The van der Waals surface area contributed by atoms with E-state index in [1.165, 1.54) is 23.6 Å². The first-order valence-electron chi connectivity index (χ1n) is 20.0. The topological polar surface area (TPSA) is 194 Å². The highest BCUT2D eigenvalue weighted by atomic mass is 32.2. The largest absolute Gasteiger partial charge is 0.369 e. The van der Waals surface area contributed by atoms with Gasteiger partial charge in [-0.3, -0.25) is 19.8 Å². The Labute approximate surface area is 346 Å². The van der Waals surface area contributed by atoms with Crippen molar-refractivity contribution in [2.24, 2.45) is 11.1 Å². The SMILES string of the molecule is CCC(c1cccc(-c2nc(-c3ccc(N4CCN(CC5CCN(c6ccc(C7CCC(=O)NC7=O)cn6)CC5)CC4)cc3)sc2-c2ccnc(N)n2)c1F)S(N)(=O)=O. The summed E-state index contributed by atoms with van der Waals surface area (Å²) in [5.74, 6) is 0.141. The van der Waals surface area contributed by atoms with Crippen molar-refractivity contribution in [3.63, 3.8) is 0 Å². The molecule has 2 aromatic carbocycles. The molecule has 3 aromatic heterocycles. The van der Waals surface area contributed by atoms with Gasteiger partial charge in [0.15, 0.2) is 0 Å². The predicted molar refractivity (Wildman–Crippen MR) is 227 cm³/mol. The monoisotopic (exact) mass is 838 g/mol. The summed E-state index contributed by atoms with van der Waals surface area (Å²) in [6.45, 7) is 8.38. The minimum absolute atomic E-state index is 0.00434. The Hall–Kier alpha value is -5.36. The van der Waals surface area contributed by atoms with Crippen LogP contribution in [0.25, 0.3) is 32.4 Å². The van der Waals surface area contributed by atoms with E-state index in [-0.39, 0.29) is 41.2 Å². The molecule has 3 fully saturated rings. The molecule has 6 heterocycles. The fraction of sp³-hybridized carbons (Fsp3) is 0.381. The van der Waals surface area contributed by atoms with Crippen LogP contribution in [0.2, 0.25) is 0 Å². The predicted octanol–water partition coefficient (Wildman–Crippen LogP) is 5.35. The van der Waals surface area contributed by atoms with Gasteiger partial charge >= 0.3 is 0 Å². The number of hydrogen-bond acceptors (Lipinski definition) is 13. The molecule has 2 unspecified atom stereocenters. The van der Waals surface area contributed by atoms with Crippen molar-refractivity contribution in [3.05, 3.63) is 90.0 Å². The van der Waals surface area contributed by atoms with Crippen LogP contribution >= 0.6 is 11.3 Å². The number of nitrogen functional groups attached to an aromatic ring is 1. The zero-order chi connectivity index (χ0) is 41.3. The first-order valence-corrected chi connectivity index (χ1v) is 22.4. The highest BCUT2D eigenvalue weighted by molar-refractivity contribution is 7.89. The van der Waals surface area contributed by atoms with Crippen molar-refractivity contribution in [3.8, 4) is 32.4 Å². The minimum atomic E-state index is -4.05. The molecule has 0 spiro atoms.